The fourth-order valence-electron chi connectivity index (χ4n) is 1.94. The largest absolute Gasteiger partial charge is 0.350 e. The van der Waals surface area contributed by atoms with Crippen LogP contribution in [0.2, 0.25) is 0 Å². The third-order valence-electron chi connectivity index (χ3n) is 3.27. The van der Waals surface area contributed by atoms with Gasteiger partial charge in [0.1, 0.15) is 0 Å². The van der Waals surface area contributed by atoms with E-state index in [-0.39, 0.29) is 29.9 Å². The fourth-order valence-corrected chi connectivity index (χ4v) is 1.94. The lowest BCUT2D eigenvalue weighted by atomic mass is 10.0. The van der Waals surface area contributed by atoms with Crippen LogP contribution in [0.3, 0.4) is 0 Å². The maximum absolute atomic E-state index is 11.8. The first-order chi connectivity index (χ1) is 7.43. The maximum Gasteiger partial charge on any atom is 0.234 e. The molecule has 1 saturated heterocycles. The van der Waals surface area contributed by atoms with Crippen molar-refractivity contribution in [3.05, 3.63) is 0 Å². The molecule has 1 amide bonds. The van der Waals surface area contributed by atoms with Crippen molar-refractivity contribution >= 4 is 18.3 Å². The second-order valence-corrected chi connectivity index (χ2v) is 5.42. The molecular formula is C12H26ClN3O. The van der Waals surface area contributed by atoms with E-state index in [0.717, 1.165) is 32.4 Å². The molecule has 102 valence electrons. The van der Waals surface area contributed by atoms with Crippen LogP contribution < -0.4 is 11.1 Å². The van der Waals surface area contributed by atoms with Crippen LogP contribution >= 0.6 is 12.4 Å². The Bertz CT molecular complexity index is 246. The highest BCUT2D eigenvalue weighted by atomic mass is 35.5. The van der Waals surface area contributed by atoms with E-state index in [1.54, 1.807) is 0 Å². The lowest BCUT2D eigenvalue weighted by Gasteiger charge is -2.32. The molecule has 0 aliphatic carbocycles. The highest BCUT2D eigenvalue weighted by Gasteiger charge is 2.22. The number of carbonyl (C=O) groups excluding carboxylic acids is 1. The van der Waals surface area contributed by atoms with E-state index < -0.39 is 0 Å². The molecule has 0 radical (unpaired) electrons. The smallest absolute Gasteiger partial charge is 0.234 e. The van der Waals surface area contributed by atoms with Gasteiger partial charge in [0.25, 0.3) is 0 Å². The SMILES string of the molecule is CCC(C)(C)NC(=O)CN1CCC[C@@H](N)C1.Cl. The van der Waals surface area contributed by atoms with Gasteiger partial charge >= 0.3 is 0 Å². The molecule has 1 heterocycles. The van der Waals surface area contributed by atoms with Crippen molar-refractivity contribution in [2.75, 3.05) is 19.6 Å². The van der Waals surface area contributed by atoms with E-state index in [0.29, 0.717) is 6.54 Å². The molecule has 0 aromatic heterocycles. The number of carbonyl (C=O) groups is 1. The maximum atomic E-state index is 11.8. The second kappa shape index (κ2) is 7.19. The molecule has 0 aromatic carbocycles. The first-order valence-electron chi connectivity index (χ1n) is 6.22. The van der Waals surface area contributed by atoms with Crippen LogP contribution in [0.25, 0.3) is 0 Å². The standard InChI is InChI=1S/C12H25N3O.ClH/c1-4-12(2,3)14-11(16)9-15-7-5-6-10(13)8-15;/h10H,4-9,13H2,1-3H3,(H,14,16);1H/t10-;/m1./s1. The summed E-state index contributed by atoms with van der Waals surface area (Å²) in [6, 6.07) is 0.237. The van der Waals surface area contributed by atoms with Crippen LogP contribution in [0.1, 0.15) is 40.0 Å². The molecule has 1 rings (SSSR count). The highest BCUT2D eigenvalue weighted by molar-refractivity contribution is 5.85. The normalized spacial score (nSPS) is 21.8. The molecule has 4 nitrogen and oxygen atoms in total. The Kier molecular flexibility index (Phi) is 7.05. The van der Waals surface area contributed by atoms with Crippen molar-refractivity contribution in [2.24, 2.45) is 5.73 Å². The van der Waals surface area contributed by atoms with Gasteiger partial charge in [-0.05, 0) is 39.7 Å². The average Bonchev–Trinajstić information content (AvgIpc) is 2.16. The van der Waals surface area contributed by atoms with Gasteiger partial charge in [0.05, 0.1) is 6.54 Å². The summed E-state index contributed by atoms with van der Waals surface area (Å²) in [4.78, 5) is 13.9. The first-order valence-corrected chi connectivity index (χ1v) is 6.22. The zero-order valence-electron chi connectivity index (χ0n) is 11.2. The Morgan fingerprint density at radius 3 is 2.71 bits per heavy atom. The summed E-state index contributed by atoms with van der Waals surface area (Å²) in [5.41, 5.74) is 5.78. The van der Waals surface area contributed by atoms with E-state index in [1.165, 1.54) is 0 Å². The minimum Gasteiger partial charge on any atom is -0.350 e. The topological polar surface area (TPSA) is 58.4 Å². The van der Waals surface area contributed by atoms with Crippen molar-refractivity contribution < 1.29 is 4.79 Å². The van der Waals surface area contributed by atoms with Gasteiger partial charge in [-0.15, -0.1) is 12.4 Å². The third kappa shape index (κ3) is 6.24. The Labute approximate surface area is 111 Å². The number of hydrogen-bond acceptors (Lipinski definition) is 3. The van der Waals surface area contributed by atoms with Crippen molar-refractivity contribution in [1.82, 2.24) is 10.2 Å². The molecule has 1 fully saturated rings. The monoisotopic (exact) mass is 263 g/mol. The summed E-state index contributed by atoms with van der Waals surface area (Å²) in [6.07, 6.45) is 3.13. The van der Waals surface area contributed by atoms with Gasteiger partial charge < -0.3 is 11.1 Å². The van der Waals surface area contributed by atoms with Crippen molar-refractivity contribution in [1.29, 1.82) is 0 Å². The molecule has 0 saturated carbocycles. The molecule has 0 aromatic rings. The predicted octanol–water partition coefficient (Wildman–Crippen LogP) is 1.14. The highest BCUT2D eigenvalue weighted by Crippen LogP contribution is 2.09. The van der Waals surface area contributed by atoms with E-state index in [1.807, 2.05) is 13.8 Å². The zero-order chi connectivity index (χ0) is 12.2. The number of amides is 1. The summed E-state index contributed by atoms with van der Waals surface area (Å²) in [6.45, 7) is 8.50. The van der Waals surface area contributed by atoms with Crippen LogP contribution in [0.15, 0.2) is 0 Å². The van der Waals surface area contributed by atoms with Crippen molar-refractivity contribution in [2.45, 2.75) is 51.6 Å². The Balaban J connectivity index is 0.00000256. The van der Waals surface area contributed by atoms with Crippen LogP contribution in [0.5, 0.6) is 0 Å². The van der Waals surface area contributed by atoms with Crippen molar-refractivity contribution in [3.63, 3.8) is 0 Å². The molecule has 1 aliphatic rings. The van der Waals surface area contributed by atoms with E-state index in [2.05, 4.69) is 17.1 Å². The van der Waals surface area contributed by atoms with Gasteiger partial charge in [0, 0.05) is 18.1 Å². The van der Waals surface area contributed by atoms with Gasteiger partial charge in [-0.25, -0.2) is 0 Å². The predicted molar refractivity (Wildman–Crippen MR) is 73.4 cm³/mol. The molecule has 3 N–H and O–H groups in total. The van der Waals surface area contributed by atoms with Crippen LogP contribution in [-0.2, 0) is 4.79 Å². The van der Waals surface area contributed by atoms with Gasteiger partial charge in [0.2, 0.25) is 5.91 Å². The summed E-state index contributed by atoms with van der Waals surface area (Å²) in [7, 11) is 0. The third-order valence-corrected chi connectivity index (χ3v) is 3.27. The van der Waals surface area contributed by atoms with Gasteiger partial charge in [-0.3, -0.25) is 9.69 Å². The number of piperidine rings is 1. The summed E-state index contributed by atoms with van der Waals surface area (Å²) in [5.74, 6) is 0.112. The molecule has 17 heavy (non-hydrogen) atoms. The Hall–Kier alpha value is -0.320. The van der Waals surface area contributed by atoms with E-state index in [4.69, 9.17) is 5.73 Å². The number of hydrogen-bond donors (Lipinski definition) is 2. The summed E-state index contributed by atoms with van der Waals surface area (Å²) < 4.78 is 0. The Morgan fingerprint density at radius 1 is 1.53 bits per heavy atom. The molecule has 5 heteroatoms. The molecule has 1 atom stereocenters. The van der Waals surface area contributed by atoms with Gasteiger partial charge in [0.15, 0.2) is 0 Å². The lowest BCUT2D eigenvalue weighted by molar-refractivity contribution is -0.124. The molecular weight excluding hydrogens is 238 g/mol. The van der Waals surface area contributed by atoms with Crippen LogP contribution in [0, 0.1) is 0 Å². The molecule has 0 spiro atoms. The van der Waals surface area contributed by atoms with Crippen LogP contribution in [0.4, 0.5) is 0 Å². The quantitative estimate of drug-likeness (QED) is 0.800. The number of likely N-dealkylation sites (tertiary alicyclic amines) is 1. The number of nitrogens with two attached hydrogens (primary N) is 1. The van der Waals surface area contributed by atoms with Crippen LogP contribution in [-0.4, -0.2) is 42.0 Å². The minimum absolute atomic E-state index is 0. The minimum atomic E-state index is -0.102. The molecule has 0 bridgehead atoms. The summed E-state index contributed by atoms with van der Waals surface area (Å²) >= 11 is 0. The fraction of sp³-hybridized carbons (Fsp3) is 0.917. The van der Waals surface area contributed by atoms with E-state index in [9.17, 15) is 4.79 Å². The number of rotatable bonds is 4. The first kappa shape index (κ1) is 16.7. The number of nitrogens with one attached hydrogen (secondary N) is 1. The second-order valence-electron chi connectivity index (χ2n) is 5.42. The average molecular weight is 264 g/mol. The molecule has 1 aliphatic heterocycles. The van der Waals surface area contributed by atoms with Crippen molar-refractivity contribution in [3.8, 4) is 0 Å². The molecule has 0 unspecified atom stereocenters. The lowest BCUT2D eigenvalue weighted by Crippen LogP contribution is -2.50. The zero-order valence-corrected chi connectivity index (χ0v) is 12.0. The Morgan fingerprint density at radius 2 is 2.18 bits per heavy atom. The van der Waals surface area contributed by atoms with Gasteiger partial charge in [-0.1, -0.05) is 6.92 Å². The van der Waals surface area contributed by atoms with E-state index >= 15 is 0 Å². The number of halogens is 1. The summed E-state index contributed by atoms with van der Waals surface area (Å²) in [5, 5.41) is 3.05. The number of nitrogens with zero attached hydrogens (tertiary/aromatic N) is 1. The van der Waals surface area contributed by atoms with Gasteiger partial charge in [-0.2, -0.15) is 0 Å².